The molecular weight excluding hydrogens is 702 g/mol. The fourth-order valence-corrected chi connectivity index (χ4v) is 6.36. The van der Waals surface area contributed by atoms with E-state index in [0.717, 1.165) is 37.9 Å². The normalized spacial score (nSPS) is 16.9. The van der Waals surface area contributed by atoms with Gasteiger partial charge in [-0.25, -0.2) is 10.4 Å². The fourth-order valence-electron chi connectivity index (χ4n) is 5.80. The van der Waals surface area contributed by atoms with Crippen LogP contribution < -0.4 is 15.6 Å². The van der Waals surface area contributed by atoms with Crippen molar-refractivity contribution in [3.8, 4) is 16.9 Å². The molecule has 7 nitrogen and oxygen atoms in total. The molecule has 0 aliphatic carbocycles. The van der Waals surface area contributed by atoms with Gasteiger partial charge in [-0.2, -0.15) is 0 Å². The third kappa shape index (κ3) is 8.40. The van der Waals surface area contributed by atoms with Crippen molar-refractivity contribution in [1.29, 1.82) is 0 Å². The minimum Gasteiger partial charge on any atom is -0.494 e. The van der Waals surface area contributed by atoms with Gasteiger partial charge in [0.1, 0.15) is 5.75 Å². The van der Waals surface area contributed by atoms with Crippen LogP contribution in [-0.2, 0) is 22.4 Å². The SMILES string of the molecule is O=C(NNCCc1ccc(Cl)cc1)[C@@]1(Cc2ccccc2Br)N=C(c2ccc(OCCCO)cc2)O[C@H]1c1ccc(-c2ccccc2)cc1. The fraction of sp³-hybridized carbons (Fsp3) is 0.200. The molecule has 0 saturated heterocycles. The number of aliphatic imine (C=N–C) groups is 1. The van der Waals surface area contributed by atoms with Crippen LogP contribution in [0.5, 0.6) is 5.75 Å². The molecule has 0 radical (unpaired) electrons. The summed E-state index contributed by atoms with van der Waals surface area (Å²) in [5.41, 5.74) is 10.5. The summed E-state index contributed by atoms with van der Waals surface area (Å²) in [6, 6.07) is 41.2. The maximum Gasteiger partial charge on any atom is 0.266 e. The van der Waals surface area contributed by atoms with Crippen LogP contribution in [0.25, 0.3) is 11.1 Å². The minimum atomic E-state index is -1.36. The topological polar surface area (TPSA) is 92.2 Å². The Morgan fingerprint density at radius 1 is 0.857 bits per heavy atom. The second-order valence-corrected chi connectivity index (χ2v) is 13.1. The molecule has 1 aliphatic heterocycles. The molecule has 6 rings (SSSR count). The molecule has 49 heavy (non-hydrogen) atoms. The summed E-state index contributed by atoms with van der Waals surface area (Å²) in [5, 5.41) is 9.79. The molecule has 1 aliphatic rings. The van der Waals surface area contributed by atoms with Gasteiger partial charge < -0.3 is 14.6 Å². The minimum absolute atomic E-state index is 0.0636. The number of amides is 1. The number of carbonyl (C=O) groups excluding carboxylic acids is 1. The van der Waals surface area contributed by atoms with E-state index in [9.17, 15) is 4.79 Å². The highest BCUT2D eigenvalue weighted by Crippen LogP contribution is 2.43. The summed E-state index contributed by atoms with van der Waals surface area (Å²) in [5.74, 6) is 0.726. The number of nitrogens with zero attached hydrogens (tertiary/aromatic N) is 1. The molecule has 0 spiro atoms. The van der Waals surface area contributed by atoms with E-state index in [4.69, 9.17) is 31.2 Å². The monoisotopic (exact) mass is 737 g/mol. The van der Waals surface area contributed by atoms with Crippen molar-refractivity contribution in [3.63, 3.8) is 0 Å². The quantitative estimate of drug-likeness (QED) is 0.0797. The van der Waals surface area contributed by atoms with Crippen LogP contribution in [0.1, 0.15) is 34.8 Å². The third-order valence-corrected chi connectivity index (χ3v) is 9.45. The number of halogens is 2. The van der Waals surface area contributed by atoms with Gasteiger partial charge in [0, 0.05) is 41.1 Å². The number of aliphatic hydroxyl groups excluding tert-OH is 1. The molecule has 0 unspecified atom stereocenters. The molecule has 5 aromatic carbocycles. The Kier molecular flexibility index (Phi) is 11.4. The van der Waals surface area contributed by atoms with Crippen molar-refractivity contribution in [2.45, 2.75) is 30.9 Å². The number of benzene rings is 5. The van der Waals surface area contributed by atoms with Crippen LogP contribution in [0, 0.1) is 0 Å². The van der Waals surface area contributed by atoms with Gasteiger partial charge in [-0.15, -0.1) is 0 Å². The maximum atomic E-state index is 14.6. The molecule has 0 aromatic heterocycles. The highest BCUT2D eigenvalue weighted by molar-refractivity contribution is 9.10. The van der Waals surface area contributed by atoms with Crippen molar-refractivity contribution in [3.05, 3.63) is 159 Å². The first-order chi connectivity index (χ1) is 23.9. The van der Waals surface area contributed by atoms with Crippen LogP contribution in [-0.4, -0.2) is 42.2 Å². The number of nitrogens with one attached hydrogen (secondary N) is 2. The highest BCUT2D eigenvalue weighted by Gasteiger charge is 2.53. The van der Waals surface area contributed by atoms with Crippen LogP contribution in [0.4, 0.5) is 0 Å². The maximum absolute atomic E-state index is 14.6. The lowest BCUT2D eigenvalue weighted by atomic mass is 9.82. The summed E-state index contributed by atoms with van der Waals surface area (Å²) in [7, 11) is 0. The van der Waals surface area contributed by atoms with Gasteiger partial charge in [0.15, 0.2) is 11.6 Å². The lowest BCUT2D eigenvalue weighted by Gasteiger charge is -2.31. The van der Waals surface area contributed by atoms with Crippen molar-refractivity contribution < 1.29 is 19.4 Å². The van der Waals surface area contributed by atoms with E-state index in [1.165, 1.54) is 0 Å². The second-order valence-electron chi connectivity index (χ2n) is 11.8. The number of hydrazine groups is 1. The molecular formula is C40H37BrClN3O4. The largest absolute Gasteiger partial charge is 0.494 e. The van der Waals surface area contributed by atoms with Crippen molar-refractivity contribution in [2.75, 3.05) is 19.8 Å². The average molecular weight is 739 g/mol. The predicted octanol–water partition coefficient (Wildman–Crippen LogP) is 7.89. The Hall–Kier alpha value is -4.47. The molecule has 2 atom stereocenters. The van der Waals surface area contributed by atoms with Crippen LogP contribution in [0.2, 0.25) is 5.02 Å². The first kappa shape index (κ1) is 34.4. The van der Waals surface area contributed by atoms with Gasteiger partial charge >= 0.3 is 0 Å². The Balaban J connectivity index is 1.35. The molecule has 3 N–H and O–H groups in total. The Bertz CT molecular complexity index is 1870. The molecule has 9 heteroatoms. The van der Waals surface area contributed by atoms with Gasteiger partial charge in [-0.05, 0) is 76.7 Å². The number of hydrogen-bond donors (Lipinski definition) is 3. The van der Waals surface area contributed by atoms with E-state index in [2.05, 4.69) is 51.0 Å². The third-order valence-electron chi connectivity index (χ3n) is 8.42. The Labute approximate surface area is 300 Å². The number of hydrogen-bond acceptors (Lipinski definition) is 6. The lowest BCUT2D eigenvalue weighted by molar-refractivity contribution is -0.130. The first-order valence-electron chi connectivity index (χ1n) is 16.2. The van der Waals surface area contributed by atoms with E-state index in [-0.39, 0.29) is 18.9 Å². The van der Waals surface area contributed by atoms with E-state index < -0.39 is 11.6 Å². The summed E-state index contributed by atoms with van der Waals surface area (Å²) in [6.07, 6.45) is 0.772. The smallest absolute Gasteiger partial charge is 0.266 e. The van der Waals surface area contributed by atoms with Gasteiger partial charge in [0.2, 0.25) is 5.90 Å². The summed E-state index contributed by atoms with van der Waals surface area (Å²) in [6.45, 7) is 0.979. The molecule has 0 bridgehead atoms. The molecule has 1 heterocycles. The summed E-state index contributed by atoms with van der Waals surface area (Å²) >= 11 is 9.76. The van der Waals surface area contributed by atoms with Gasteiger partial charge in [0.05, 0.1) is 6.61 Å². The zero-order chi connectivity index (χ0) is 34.1. The molecule has 250 valence electrons. The van der Waals surface area contributed by atoms with Gasteiger partial charge in [0.25, 0.3) is 5.91 Å². The van der Waals surface area contributed by atoms with E-state index in [1.54, 1.807) is 0 Å². The highest BCUT2D eigenvalue weighted by atomic mass is 79.9. The second kappa shape index (κ2) is 16.3. The Morgan fingerprint density at radius 3 is 2.24 bits per heavy atom. The van der Waals surface area contributed by atoms with E-state index >= 15 is 0 Å². The molecule has 1 amide bonds. The number of ether oxygens (including phenoxy) is 2. The molecule has 5 aromatic rings. The number of aliphatic hydroxyl groups is 1. The zero-order valence-electron chi connectivity index (χ0n) is 26.8. The average Bonchev–Trinajstić information content (AvgIpc) is 3.53. The predicted molar refractivity (Wildman–Crippen MR) is 198 cm³/mol. The summed E-state index contributed by atoms with van der Waals surface area (Å²) in [4.78, 5) is 19.7. The lowest BCUT2D eigenvalue weighted by Crippen LogP contribution is -2.54. The van der Waals surface area contributed by atoms with Crippen LogP contribution >= 0.6 is 27.5 Å². The van der Waals surface area contributed by atoms with Crippen molar-refractivity contribution in [1.82, 2.24) is 10.9 Å². The summed E-state index contributed by atoms with van der Waals surface area (Å²) < 4.78 is 13.3. The number of rotatable bonds is 14. The van der Waals surface area contributed by atoms with Gasteiger partial charge in [-0.1, -0.05) is 112 Å². The van der Waals surface area contributed by atoms with Crippen LogP contribution in [0.3, 0.4) is 0 Å². The zero-order valence-corrected chi connectivity index (χ0v) is 29.2. The van der Waals surface area contributed by atoms with Crippen LogP contribution in [0.15, 0.2) is 137 Å². The van der Waals surface area contributed by atoms with E-state index in [0.29, 0.717) is 42.7 Å². The number of carbonyl (C=O) groups is 1. The first-order valence-corrected chi connectivity index (χ1v) is 17.4. The molecule has 0 saturated carbocycles. The standard InChI is InChI=1S/C40H37BrClN3O4/c41-36-10-5-4-9-33(36)27-40(39(47)45-43-24-23-28-11-19-34(42)20-12-28)37(31-15-13-30(14-16-31)29-7-2-1-3-8-29)49-38(44-40)32-17-21-35(22-18-32)48-26-6-25-46/h1-5,7-22,37,43,46H,6,23-27H2,(H,45,47)/t37-,40-/m0/s1. The van der Waals surface area contributed by atoms with Crippen molar-refractivity contribution in [2.24, 2.45) is 4.99 Å². The van der Waals surface area contributed by atoms with E-state index in [1.807, 2.05) is 103 Å². The van der Waals surface area contributed by atoms with Gasteiger partial charge in [-0.3, -0.25) is 10.2 Å². The molecule has 0 fully saturated rings. The van der Waals surface area contributed by atoms with Crippen molar-refractivity contribution >= 4 is 39.3 Å². The Morgan fingerprint density at radius 2 is 1.53 bits per heavy atom.